The average molecular weight is 616 g/mol. The maximum absolute atomic E-state index is 13.0. The van der Waals surface area contributed by atoms with E-state index in [1.165, 1.54) is 0 Å². The number of ketones is 1. The second kappa shape index (κ2) is 14.5. The highest BCUT2D eigenvalue weighted by molar-refractivity contribution is 14.1. The summed E-state index contributed by atoms with van der Waals surface area (Å²) in [5.41, 5.74) is 8.98. The standard InChI is InChI=1S/C23H27ClIN5O5/c24-16-6-8-19(9-7-16)35-14-18(31)12-21(32)30(29-13-15-3-1-4-17(25)11-15)20(22(33)34)5-2-10-28-23(26)27/h1,3-4,6-9,11,20,29H,2,5,10,12-14H2,(H,33,34)(H4,26,27,28)/t20-/m0/s1. The number of guanidine groups is 1. The predicted molar refractivity (Wildman–Crippen MR) is 140 cm³/mol. The van der Waals surface area contributed by atoms with Crippen molar-refractivity contribution in [3.8, 4) is 5.75 Å². The molecule has 0 aromatic heterocycles. The molecule has 10 nitrogen and oxygen atoms in total. The Morgan fingerprint density at radius 1 is 1.20 bits per heavy atom. The molecule has 0 saturated heterocycles. The molecule has 1 atom stereocenters. The van der Waals surface area contributed by atoms with Crippen LogP contribution in [0.3, 0.4) is 0 Å². The molecule has 0 radical (unpaired) electrons. The van der Waals surface area contributed by atoms with Crippen LogP contribution in [0.5, 0.6) is 5.75 Å². The molecule has 0 heterocycles. The number of ether oxygens (including phenoxy) is 1. The minimum absolute atomic E-state index is 0.0795. The third-order valence-corrected chi connectivity index (χ3v) is 5.66. The summed E-state index contributed by atoms with van der Waals surface area (Å²) in [5, 5.41) is 21.1. The zero-order valence-corrected chi connectivity index (χ0v) is 21.7. The van der Waals surface area contributed by atoms with Crippen LogP contribution in [0.4, 0.5) is 0 Å². The number of nitrogens with one attached hydrogen (secondary N) is 3. The second-order valence-corrected chi connectivity index (χ2v) is 9.21. The van der Waals surface area contributed by atoms with Gasteiger partial charge in [0.25, 0.3) is 0 Å². The first-order valence-corrected chi connectivity index (χ1v) is 12.1. The minimum atomic E-state index is -1.23. The van der Waals surface area contributed by atoms with Crippen molar-refractivity contribution >= 4 is 57.8 Å². The molecule has 0 aliphatic carbocycles. The topological polar surface area (TPSA) is 158 Å². The highest BCUT2D eigenvalue weighted by atomic mass is 127. The summed E-state index contributed by atoms with van der Waals surface area (Å²) in [6.07, 6.45) is -0.128. The van der Waals surface area contributed by atoms with Gasteiger partial charge in [-0.1, -0.05) is 23.7 Å². The van der Waals surface area contributed by atoms with Gasteiger partial charge in [-0.25, -0.2) is 10.2 Å². The van der Waals surface area contributed by atoms with Crippen LogP contribution < -0.4 is 21.2 Å². The fourth-order valence-corrected chi connectivity index (χ4v) is 3.81. The van der Waals surface area contributed by atoms with Gasteiger partial charge in [0, 0.05) is 21.7 Å². The maximum atomic E-state index is 13.0. The van der Waals surface area contributed by atoms with Gasteiger partial charge in [0.2, 0.25) is 5.91 Å². The first-order chi connectivity index (χ1) is 16.7. The van der Waals surface area contributed by atoms with E-state index in [9.17, 15) is 19.5 Å². The molecule has 35 heavy (non-hydrogen) atoms. The van der Waals surface area contributed by atoms with E-state index in [0.717, 1.165) is 14.1 Å². The molecule has 0 aliphatic heterocycles. The van der Waals surface area contributed by atoms with Gasteiger partial charge in [0.05, 0.1) is 6.42 Å². The number of aliphatic carboxylic acids is 1. The van der Waals surface area contributed by atoms with Crippen LogP contribution >= 0.6 is 34.2 Å². The Morgan fingerprint density at radius 3 is 2.54 bits per heavy atom. The predicted octanol–water partition coefficient (Wildman–Crippen LogP) is 2.53. The number of hydrogen-bond acceptors (Lipinski definition) is 6. The summed E-state index contributed by atoms with van der Waals surface area (Å²) in [6.45, 7) is 0.109. The highest BCUT2D eigenvalue weighted by Gasteiger charge is 2.30. The molecule has 0 fully saturated rings. The fourth-order valence-electron chi connectivity index (χ4n) is 3.08. The molecule has 0 unspecified atom stereocenters. The number of hydrogen-bond donors (Lipinski definition) is 5. The Hall–Kier alpha value is -2.90. The van der Waals surface area contributed by atoms with Gasteiger partial charge in [-0.15, -0.1) is 0 Å². The summed E-state index contributed by atoms with van der Waals surface area (Å²) >= 11 is 7.98. The quantitative estimate of drug-likeness (QED) is 0.0542. The Kier molecular flexibility index (Phi) is 11.7. The molecule has 2 aromatic rings. The Labute approximate surface area is 221 Å². The molecule has 188 valence electrons. The Balaban J connectivity index is 2.07. The number of nitrogens with two attached hydrogens (primary N) is 1. The van der Waals surface area contributed by atoms with Gasteiger partial charge < -0.3 is 20.9 Å². The lowest BCUT2D eigenvalue weighted by atomic mass is 10.1. The minimum Gasteiger partial charge on any atom is -0.486 e. The van der Waals surface area contributed by atoms with Gasteiger partial charge in [-0.2, -0.15) is 0 Å². The number of carboxylic acid groups (broad SMARTS) is 1. The molecule has 2 rings (SSSR count). The molecule has 1 amide bonds. The normalized spacial score (nSPS) is 11.4. The number of Topliss-reactive ketones (excluding diaryl/α,β-unsaturated/α-hetero) is 1. The van der Waals surface area contributed by atoms with Crippen molar-refractivity contribution in [3.63, 3.8) is 0 Å². The number of halogens is 2. The number of hydrazine groups is 1. The highest BCUT2D eigenvalue weighted by Crippen LogP contribution is 2.16. The number of benzene rings is 2. The average Bonchev–Trinajstić information content (AvgIpc) is 2.79. The van der Waals surface area contributed by atoms with Crippen molar-refractivity contribution < 1.29 is 24.2 Å². The van der Waals surface area contributed by atoms with Crippen LogP contribution in [-0.4, -0.2) is 52.9 Å². The van der Waals surface area contributed by atoms with Crippen molar-refractivity contribution in [2.75, 3.05) is 13.2 Å². The molecule has 0 aliphatic rings. The van der Waals surface area contributed by atoms with Crippen LogP contribution in [0.15, 0.2) is 48.5 Å². The first kappa shape index (κ1) is 28.3. The van der Waals surface area contributed by atoms with E-state index in [-0.39, 0.29) is 32.1 Å². The molecule has 12 heteroatoms. The summed E-state index contributed by atoms with van der Waals surface area (Å²) in [7, 11) is 0. The van der Waals surface area contributed by atoms with Crippen molar-refractivity contribution in [2.24, 2.45) is 5.73 Å². The van der Waals surface area contributed by atoms with Crippen LogP contribution in [0, 0.1) is 8.98 Å². The van der Waals surface area contributed by atoms with Crippen LogP contribution in [0.1, 0.15) is 24.8 Å². The zero-order chi connectivity index (χ0) is 25.8. The van der Waals surface area contributed by atoms with Crippen molar-refractivity contribution in [1.82, 2.24) is 15.8 Å². The molecule has 0 bridgehead atoms. The van der Waals surface area contributed by atoms with E-state index in [1.807, 2.05) is 24.3 Å². The summed E-state index contributed by atoms with van der Waals surface area (Å²) in [5.74, 6) is -2.22. The number of rotatable bonds is 14. The lowest BCUT2D eigenvalue weighted by Gasteiger charge is -2.29. The van der Waals surface area contributed by atoms with Crippen LogP contribution in [0.2, 0.25) is 5.02 Å². The van der Waals surface area contributed by atoms with E-state index >= 15 is 0 Å². The Morgan fingerprint density at radius 2 is 1.91 bits per heavy atom. The van der Waals surface area contributed by atoms with E-state index in [0.29, 0.717) is 17.2 Å². The van der Waals surface area contributed by atoms with Crippen molar-refractivity contribution in [2.45, 2.75) is 31.8 Å². The molecular formula is C23H27ClIN5O5. The van der Waals surface area contributed by atoms with Crippen molar-refractivity contribution in [3.05, 3.63) is 62.7 Å². The lowest BCUT2D eigenvalue weighted by molar-refractivity contribution is -0.155. The monoisotopic (exact) mass is 615 g/mol. The third-order valence-electron chi connectivity index (χ3n) is 4.74. The number of carbonyl (C=O) groups excluding carboxylic acids is 2. The third kappa shape index (κ3) is 10.5. The van der Waals surface area contributed by atoms with E-state index in [2.05, 4.69) is 33.3 Å². The number of carbonyl (C=O) groups is 3. The maximum Gasteiger partial charge on any atom is 0.328 e. The van der Waals surface area contributed by atoms with Gasteiger partial charge in [0.15, 0.2) is 11.7 Å². The van der Waals surface area contributed by atoms with E-state index < -0.39 is 30.1 Å². The molecule has 0 saturated carbocycles. The largest absolute Gasteiger partial charge is 0.486 e. The smallest absolute Gasteiger partial charge is 0.328 e. The Bertz CT molecular complexity index is 1040. The molecule has 6 N–H and O–H groups in total. The lowest BCUT2D eigenvalue weighted by Crippen LogP contribution is -2.53. The first-order valence-electron chi connectivity index (χ1n) is 10.7. The van der Waals surface area contributed by atoms with Crippen LogP contribution in [0.25, 0.3) is 0 Å². The molecule has 0 spiro atoms. The zero-order valence-electron chi connectivity index (χ0n) is 18.8. The summed E-state index contributed by atoms with van der Waals surface area (Å²) in [4.78, 5) is 37.5. The van der Waals surface area contributed by atoms with Gasteiger partial charge >= 0.3 is 5.97 Å². The summed E-state index contributed by atoms with van der Waals surface area (Å²) < 4.78 is 6.38. The molecular weight excluding hydrogens is 589 g/mol. The van der Waals surface area contributed by atoms with Gasteiger partial charge in [0.1, 0.15) is 18.4 Å². The fraction of sp³-hybridized carbons (Fsp3) is 0.304. The number of amides is 1. The van der Waals surface area contributed by atoms with Crippen LogP contribution in [-0.2, 0) is 20.9 Å². The SMILES string of the molecule is N=C(N)NCCC[C@@H](C(=O)O)N(NCc1cccc(I)c1)C(=O)CC(=O)COc1ccc(Cl)cc1. The van der Waals surface area contributed by atoms with Gasteiger partial charge in [-0.05, 0) is 77.4 Å². The number of carboxylic acids is 1. The van der Waals surface area contributed by atoms with Gasteiger partial charge in [-0.3, -0.25) is 20.0 Å². The number of nitrogens with zero attached hydrogens (tertiary/aromatic N) is 1. The van der Waals surface area contributed by atoms with E-state index in [4.69, 9.17) is 27.5 Å². The van der Waals surface area contributed by atoms with E-state index in [1.54, 1.807) is 24.3 Å². The molecule has 2 aromatic carbocycles. The van der Waals surface area contributed by atoms with Crippen molar-refractivity contribution in [1.29, 1.82) is 5.41 Å². The summed E-state index contributed by atoms with van der Waals surface area (Å²) in [6, 6.07) is 12.7. The second-order valence-electron chi connectivity index (χ2n) is 7.52.